The standard InChI is InChI=1S/C24H21FN4O3/c1-14-19(7-9-24(30)27-18-6-8-21-22(11-18)32-13-31-21)15(2)29-23(26-14)12-20(28-29)16-4-3-5-17(25)10-16/h3-6,8,10-12H,7,9,13H2,1-2H3,(H,27,30). The second-order valence-corrected chi connectivity index (χ2v) is 7.69. The van der Waals surface area contributed by atoms with E-state index < -0.39 is 0 Å². The summed E-state index contributed by atoms with van der Waals surface area (Å²) in [4.78, 5) is 17.2. The molecule has 1 amide bonds. The van der Waals surface area contributed by atoms with E-state index in [1.807, 2.05) is 26.0 Å². The number of benzene rings is 2. The molecule has 0 radical (unpaired) electrons. The first-order valence-electron chi connectivity index (χ1n) is 10.3. The highest BCUT2D eigenvalue weighted by Gasteiger charge is 2.16. The quantitative estimate of drug-likeness (QED) is 0.504. The molecule has 32 heavy (non-hydrogen) atoms. The Morgan fingerprint density at radius 3 is 2.81 bits per heavy atom. The monoisotopic (exact) mass is 432 g/mol. The highest BCUT2D eigenvalue weighted by atomic mass is 19.1. The molecule has 1 aliphatic heterocycles. The molecule has 8 heteroatoms. The molecule has 0 bridgehead atoms. The summed E-state index contributed by atoms with van der Waals surface area (Å²) in [5.74, 6) is 0.876. The molecule has 0 spiro atoms. The third-order valence-electron chi connectivity index (χ3n) is 5.54. The van der Waals surface area contributed by atoms with Crippen LogP contribution >= 0.6 is 0 Å². The van der Waals surface area contributed by atoms with Crippen LogP contribution in [0.3, 0.4) is 0 Å². The van der Waals surface area contributed by atoms with Gasteiger partial charge in [-0.05, 0) is 50.1 Å². The summed E-state index contributed by atoms with van der Waals surface area (Å²) in [5.41, 5.74) is 5.41. The molecule has 0 unspecified atom stereocenters. The van der Waals surface area contributed by atoms with Crippen molar-refractivity contribution in [2.24, 2.45) is 0 Å². The van der Waals surface area contributed by atoms with Gasteiger partial charge in [-0.2, -0.15) is 5.10 Å². The van der Waals surface area contributed by atoms with Crippen LogP contribution in [-0.4, -0.2) is 27.3 Å². The number of carbonyl (C=O) groups excluding carboxylic acids is 1. The summed E-state index contributed by atoms with van der Waals surface area (Å²) in [6.07, 6.45) is 0.813. The van der Waals surface area contributed by atoms with Crippen LogP contribution in [0.2, 0.25) is 0 Å². The third kappa shape index (κ3) is 3.75. The van der Waals surface area contributed by atoms with E-state index in [9.17, 15) is 9.18 Å². The number of aryl methyl sites for hydroxylation is 2. The number of hydrogen-bond acceptors (Lipinski definition) is 5. The summed E-state index contributed by atoms with van der Waals surface area (Å²) in [7, 11) is 0. The van der Waals surface area contributed by atoms with Gasteiger partial charge in [-0.3, -0.25) is 4.79 Å². The molecule has 2 aromatic heterocycles. The Kier molecular flexibility index (Phi) is 4.97. The minimum atomic E-state index is -0.311. The first-order chi connectivity index (χ1) is 15.5. The van der Waals surface area contributed by atoms with Crippen molar-refractivity contribution >= 4 is 17.2 Å². The molecule has 0 atom stereocenters. The molecule has 0 saturated heterocycles. The van der Waals surface area contributed by atoms with Gasteiger partial charge in [0.1, 0.15) is 5.82 Å². The molecule has 1 N–H and O–H groups in total. The zero-order chi connectivity index (χ0) is 22.2. The van der Waals surface area contributed by atoms with Crippen molar-refractivity contribution in [1.82, 2.24) is 14.6 Å². The molecule has 1 aliphatic rings. The van der Waals surface area contributed by atoms with Crippen LogP contribution in [0.4, 0.5) is 10.1 Å². The smallest absolute Gasteiger partial charge is 0.231 e. The zero-order valence-electron chi connectivity index (χ0n) is 17.7. The Morgan fingerprint density at radius 2 is 1.97 bits per heavy atom. The van der Waals surface area contributed by atoms with Crippen molar-refractivity contribution < 1.29 is 18.7 Å². The number of amides is 1. The van der Waals surface area contributed by atoms with Crippen LogP contribution in [-0.2, 0) is 11.2 Å². The number of aromatic nitrogens is 3. The van der Waals surface area contributed by atoms with E-state index in [-0.39, 0.29) is 18.5 Å². The van der Waals surface area contributed by atoms with Crippen molar-refractivity contribution in [2.75, 3.05) is 12.1 Å². The molecule has 0 saturated carbocycles. The Hall–Kier alpha value is -3.94. The molecule has 0 fully saturated rings. The fourth-order valence-corrected chi connectivity index (χ4v) is 3.91. The number of nitrogens with zero attached hydrogens (tertiary/aromatic N) is 3. The summed E-state index contributed by atoms with van der Waals surface area (Å²) in [6, 6.07) is 13.5. The van der Waals surface area contributed by atoms with Gasteiger partial charge in [-0.15, -0.1) is 0 Å². The van der Waals surface area contributed by atoms with Crippen LogP contribution in [0, 0.1) is 19.7 Å². The average molecular weight is 432 g/mol. The van der Waals surface area contributed by atoms with Crippen LogP contribution in [0.1, 0.15) is 23.4 Å². The van der Waals surface area contributed by atoms with Gasteiger partial charge < -0.3 is 14.8 Å². The predicted octanol–water partition coefficient (Wildman–Crippen LogP) is 4.45. The lowest BCUT2D eigenvalue weighted by atomic mass is 10.1. The molecular weight excluding hydrogens is 411 g/mol. The molecule has 7 nitrogen and oxygen atoms in total. The lowest BCUT2D eigenvalue weighted by Gasteiger charge is -2.11. The highest BCUT2D eigenvalue weighted by molar-refractivity contribution is 5.91. The number of hydrogen-bond donors (Lipinski definition) is 1. The number of ether oxygens (including phenoxy) is 2. The summed E-state index contributed by atoms with van der Waals surface area (Å²) in [5, 5.41) is 7.51. The number of anilines is 1. The zero-order valence-corrected chi connectivity index (χ0v) is 17.7. The molecule has 4 aromatic rings. The number of nitrogens with one attached hydrogen (secondary N) is 1. The number of halogens is 1. The first-order valence-corrected chi connectivity index (χ1v) is 10.3. The van der Waals surface area contributed by atoms with Crippen LogP contribution in [0.5, 0.6) is 11.5 Å². The maximum atomic E-state index is 13.6. The van der Waals surface area contributed by atoms with Gasteiger partial charge in [-0.1, -0.05) is 12.1 Å². The molecule has 5 rings (SSSR count). The van der Waals surface area contributed by atoms with Crippen molar-refractivity contribution in [1.29, 1.82) is 0 Å². The highest BCUT2D eigenvalue weighted by Crippen LogP contribution is 2.34. The topological polar surface area (TPSA) is 77.8 Å². The van der Waals surface area contributed by atoms with Crippen LogP contribution < -0.4 is 14.8 Å². The average Bonchev–Trinajstić information content (AvgIpc) is 3.40. The predicted molar refractivity (Wildman–Crippen MR) is 117 cm³/mol. The fourth-order valence-electron chi connectivity index (χ4n) is 3.91. The lowest BCUT2D eigenvalue weighted by Crippen LogP contribution is -2.14. The maximum absolute atomic E-state index is 13.6. The minimum absolute atomic E-state index is 0.108. The number of carbonyl (C=O) groups is 1. The normalized spacial score (nSPS) is 12.3. The molecule has 0 aliphatic carbocycles. The van der Waals surface area contributed by atoms with Crippen molar-refractivity contribution in [3.8, 4) is 22.8 Å². The van der Waals surface area contributed by atoms with Gasteiger partial charge in [0.15, 0.2) is 17.1 Å². The second-order valence-electron chi connectivity index (χ2n) is 7.69. The SMILES string of the molecule is Cc1nc2cc(-c3cccc(F)c3)nn2c(C)c1CCC(=O)Nc1ccc2c(c1)OCO2. The van der Waals surface area contributed by atoms with Gasteiger partial charge >= 0.3 is 0 Å². The van der Waals surface area contributed by atoms with E-state index in [0.29, 0.717) is 46.9 Å². The van der Waals surface area contributed by atoms with Gasteiger partial charge in [-0.25, -0.2) is 13.9 Å². The van der Waals surface area contributed by atoms with Crippen molar-refractivity contribution in [3.63, 3.8) is 0 Å². The largest absolute Gasteiger partial charge is 0.454 e. The number of fused-ring (bicyclic) bond motifs is 2. The summed E-state index contributed by atoms with van der Waals surface area (Å²) in [6.45, 7) is 4.07. The van der Waals surface area contributed by atoms with Crippen LogP contribution in [0.15, 0.2) is 48.5 Å². The maximum Gasteiger partial charge on any atom is 0.231 e. The van der Waals surface area contributed by atoms with Gasteiger partial charge in [0, 0.05) is 41.2 Å². The third-order valence-corrected chi connectivity index (χ3v) is 5.54. The molecular formula is C24H21FN4O3. The van der Waals surface area contributed by atoms with E-state index in [2.05, 4.69) is 15.4 Å². The van der Waals surface area contributed by atoms with Gasteiger partial charge in [0.2, 0.25) is 12.7 Å². The Labute approximate surface area is 183 Å². The van der Waals surface area contributed by atoms with Gasteiger partial charge in [0.05, 0.1) is 5.69 Å². The van der Waals surface area contributed by atoms with E-state index in [1.165, 1.54) is 12.1 Å². The summed E-state index contributed by atoms with van der Waals surface area (Å²) >= 11 is 0. The fraction of sp³-hybridized carbons (Fsp3) is 0.208. The van der Waals surface area contributed by atoms with E-state index in [4.69, 9.17) is 9.47 Å². The van der Waals surface area contributed by atoms with Crippen molar-refractivity contribution in [3.05, 3.63) is 71.3 Å². The molecule has 3 heterocycles. The van der Waals surface area contributed by atoms with Crippen LogP contribution in [0.25, 0.3) is 16.9 Å². The van der Waals surface area contributed by atoms with E-state index in [1.54, 1.807) is 28.8 Å². The Morgan fingerprint density at radius 1 is 1.12 bits per heavy atom. The molecule has 2 aromatic carbocycles. The second kappa shape index (κ2) is 7.96. The number of rotatable bonds is 5. The Bertz CT molecular complexity index is 1350. The summed E-state index contributed by atoms with van der Waals surface area (Å²) < 4.78 is 26.0. The van der Waals surface area contributed by atoms with E-state index >= 15 is 0 Å². The Balaban J connectivity index is 1.34. The minimum Gasteiger partial charge on any atom is -0.454 e. The molecule has 162 valence electrons. The van der Waals surface area contributed by atoms with E-state index in [0.717, 1.165) is 17.0 Å². The van der Waals surface area contributed by atoms with Gasteiger partial charge in [0.25, 0.3) is 0 Å². The lowest BCUT2D eigenvalue weighted by molar-refractivity contribution is -0.116. The van der Waals surface area contributed by atoms with Crippen molar-refractivity contribution in [2.45, 2.75) is 26.7 Å². The first kappa shape index (κ1) is 20.0.